The second-order valence-corrected chi connectivity index (χ2v) is 5.02. The van der Waals surface area contributed by atoms with Gasteiger partial charge in [0.1, 0.15) is 0 Å². The first kappa shape index (κ1) is 10.5. The first-order chi connectivity index (χ1) is 5.74. The average molecular weight is 235 g/mol. The van der Waals surface area contributed by atoms with Crippen molar-refractivity contribution in [2.75, 3.05) is 7.11 Å². The van der Waals surface area contributed by atoms with Gasteiger partial charge in [0.05, 0.1) is 6.10 Å². The van der Waals surface area contributed by atoms with Gasteiger partial charge < -0.3 is 4.74 Å². The third-order valence-electron chi connectivity index (χ3n) is 2.85. The minimum absolute atomic E-state index is 0.424. The molecule has 3 unspecified atom stereocenters. The maximum Gasteiger partial charge on any atom is 0.0546 e. The molecule has 1 rings (SSSR count). The van der Waals surface area contributed by atoms with Gasteiger partial charge in [-0.25, -0.2) is 0 Å². The molecule has 1 aliphatic rings. The van der Waals surface area contributed by atoms with Gasteiger partial charge >= 0.3 is 0 Å². The van der Waals surface area contributed by atoms with E-state index in [0.29, 0.717) is 6.10 Å². The van der Waals surface area contributed by atoms with E-state index in [4.69, 9.17) is 4.74 Å². The molecule has 0 spiro atoms. The standard InChI is InChI=1S/C10H19BrO/c1-8(12-2)7-9-5-3-4-6-10(9)11/h8-10H,3-7H2,1-2H3. The van der Waals surface area contributed by atoms with Crippen molar-refractivity contribution >= 4 is 15.9 Å². The van der Waals surface area contributed by atoms with Crippen LogP contribution in [0.1, 0.15) is 39.0 Å². The Morgan fingerprint density at radius 3 is 2.67 bits per heavy atom. The molecule has 1 fully saturated rings. The van der Waals surface area contributed by atoms with Gasteiger partial charge in [0.15, 0.2) is 0 Å². The van der Waals surface area contributed by atoms with Crippen LogP contribution in [0.15, 0.2) is 0 Å². The first-order valence-corrected chi connectivity index (χ1v) is 5.82. The number of alkyl halides is 1. The molecule has 72 valence electrons. The molecule has 12 heavy (non-hydrogen) atoms. The Morgan fingerprint density at radius 1 is 1.42 bits per heavy atom. The number of hydrogen-bond acceptors (Lipinski definition) is 1. The van der Waals surface area contributed by atoms with Crippen LogP contribution in [-0.4, -0.2) is 18.0 Å². The lowest BCUT2D eigenvalue weighted by atomic mass is 9.85. The molecular formula is C10H19BrO. The predicted molar refractivity (Wildman–Crippen MR) is 55.8 cm³/mol. The molecule has 0 aromatic heterocycles. The molecule has 1 aliphatic carbocycles. The van der Waals surface area contributed by atoms with Crippen LogP contribution < -0.4 is 0 Å². The Bertz CT molecular complexity index is 127. The Balaban J connectivity index is 2.28. The predicted octanol–water partition coefficient (Wildman–Crippen LogP) is 3.37. The van der Waals surface area contributed by atoms with E-state index in [1.54, 1.807) is 7.11 Å². The fraction of sp³-hybridized carbons (Fsp3) is 1.00. The Morgan fingerprint density at radius 2 is 2.08 bits per heavy atom. The zero-order chi connectivity index (χ0) is 8.97. The van der Waals surface area contributed by atoms with Gasteiger partial charge in [0, 0.05) is 11.9 Å². The monoisotopic (exact) mass is 234 g/mol. The number of methoxy groups -OCH3 is 1. The van der Waals surface area contributed by atoms with Crippen molar-refractivity contribution in [2.24, 2.45) is 5.92 Å². The van der Waals surface area contributed by atoms with Gasteiger partial charge in [-0.15, -0.1) is 0 Å². The molecule has 1 nitrogen and oxygen atoms in total. The van der Waals surface area contributed by atoms with Crippen molar-refractivity contribution in [1.29, 1.82) is 0 Å². The van der Waals surface area contributed by atoms with Crippen molar-refractivity contribution in [1.82, 2.24) is 0 Å². The zero-order valence-corrected chi connectivity index (χ0v) is 9.64. The van der Waals surface area contributed by atoms with E-state index in [1.807, 2.05) is 0 Å². The van der Waals surface area contributed by atoms with Crippen molar-refractivity contribution in [3.63, 3.8) is 0 Å². The summed E-state index contributed by atoms with van der Waals surface area (Å²) in [5.74, 6) is 0.841. The third kappa shape index (κ3) is 3.06. The number of hydrogen-bond donors (Lipinski definition) is 0. The van der Waals surface area contributed by atoms with Gasteiger partial charge in [-0.1, -0.05) is 28.8 Å². The SMILES string of the molecule is COC(C)CC1CCCCC1Br. The third-order valence-corrected chi connectivity index (χ3v) is 4.06. The average Bonchev–Trinajstić information content (AvgIpc) is 2.09. The minimum atomic E-state index is 0.424. The molecular weight excluding hydrogens is 216 g/mol. The molecule has 0 radical (unpaired) electrons. The molecule has 0 bridgehead atoms. The van der Waals surface area contributed by atoms with Crippen molar-refractivity contribution in [2.45, 2.75) is 50.0 Å². The summed E-state index contributed by atoms with van der Waals surface area (Å²) < 4.78 is 5.28. The lowest BCUT2D eigenvalue weighted by Gasteiger charge is -2.29. The fourth-order valence-electron chi connectivity index (χ4n) is 1.95. The van der Waals surface area contributed by atoms with Crippen LogP contribution in [-0.2, 0) is 4.74 Å². The summed E-state index contributed by atoms with van der Waals surface area (Å²) in [7, 11) is 1.80. The van der Waals surface area contributed by atoms with Gasteiger partial charge in [-0.3, -0.25) is 0 Å². The number of ether oxygens (including phenoxy) is 1. The summed E-state index contributed by atoms with van der Waals surface area (Å²) >= 11 is 3.76. The second-order valence-electron chi connectivity index (χ2n) is 3.84. The van der Waals surface area contributed by atoms with Crippen LogP contribution in [0.2, 0.25) is 0 Å². The molecule has 0 aromatic rings. The molecule has 3 atom stereocenters. The Labute approximate surface area is 84.0 Å². The maximum absolute atomic E-state index is 5.28. The van der Waals surface area contributed by atoms with E-state index < -0.39 is 0 Å². The van der Waals surface area contributed by atoms with Gasteiger partial charge in [0.25, 0.3) is 0 Å². The van der Waals surface area contributed by atoms with E-state index in [9.17, 15) is 0 Å². The van der Waals surface area contributed by atoms with E-state index in [-0.39, 0.29) is 0 Å². The second kappa shape index (κ2) is 5.23. The largest absolute Gasteiger partial charge is 0.382 e. The topological polar surface area (TPSA) is 9.23 Å². The molecule has 0 saturated heterocycles. The molecule has 0 N–H and O–H groups in total. The summed E-state index contributed by atoms with van der Waals surface area (Å²) in [6.07, 6.45) is 7.17. The summed E-state index contributed by atoms with van der Waals surface area (Å²) in [4.78, 5) is 0.740. The summed E-state index contributed by atoms with van der Waals surface area (Å²) in [6, 6.07) is 0. The van der Waals surface area contributed by atoms with E-state index >= 15 is 0 Å². The van der Waals surface area contributed by atoms with E-state index in [2.05, 4.69) is 22.9 Å². The van der Waals surface area contributed by atoms with Crippen molar-refractivity contribution in [3.8, 4) is 0 Å². The highest BCUT2D eigenvalue weighted by atomic mass is 79.9. The van der Waals surface area contributed by atoms with Crippen LogP contribution in [0.25, 0.3) is 0 Å². The van der Waals surface area contributed by atoms with Gasteiger partial charge in [0.2, 0.25) is 0 Å². The molecule has 1 saturated carbocycles. The van der Waals surface area contributed by atoms with Crippen molar-refractivity contribution in [3.05, 3.63) is 0 Å². The quantitative estimate of drug-likeness (QED) is 0.681. The summed E-state index contributed by atoms with van der Waals surface area (Å²) in [6.45, 7) is 2.16. The lowest BCUT2D eigenvalue weighted by molar-refractivity contribution is 0.0896. The van der Waals surface area contributed by atoms with E-state index in [1.165, 1.54) is 32.1 Å². The number of rotatable bonds is 3. The normalized spacial score (nSPS) is 33.2. The first-order valence-electron chi connectivity index (χ1n) is 4.91. The van der Waals surface area contributed by atoms with Gasteiger partial charge in [-0.2, -0.15) is 0 Å². The number of halogens is 1. The highest BCUT2D eigenvalue weighted by Gasteiger charge is 2.23. The molecule has 0 aliphatic heterocycles. The highest BCUT2D eigenvalue weighted by Crippen LogP contribution is 2.33. The summed E-state index contributed by atoms with van der Waals surface area (Å²) in [5.41, 5.74) is 0. The van der Waals surface area contributed by atoms with Crippen LogP contribution >= 0.6 is 15.9 Å². The van der Waals surface area contributed by atoms with Gasteiger partial charge in [-0.05, 0) is 32.1 Å². The Hall–Kier alpha value is 0.440. The smallest absolute Gasteiger partial charge is 0.0546 e. The van der Waals surface area contributed by atoms with Crippen molar-refractivity contribution < 1.29 is 4.74 Å². The van der Waals surface area contributed by atoms with Crippen LogP contribution in [0, 0.1) is 5.92 Å². The van der Waals surface area contributed by atoms with E-state index in [0.717, 1.165) is 10.7 Å². The zero-order valence-electron chi connectivity index (χ0n) is 8.05. The van der Waals surface area contributed by atoms with Crippen LogP contribution in [0.5, 0.6) is 0 Å². The summed E-state index contributed by atoms with van der Waals surface area (Å²) in [5, 5.41) is 0. The fourth-order valence-corrected chi connectivity index (χ4v) is 2.75. The van der Waals surface area contributed by atoms with Crippen LogP contribution in [0.4, 0.5) is 0 Å². The molecule has 2 heteroatoms. The molecule has 0 aromatic carbocycles. The lowest BCUT2D eigenvalue weighted by Crippen LogP contribution is -2.23. The molecule has 0 heterocycles. The minimum Gasteiger partial charge on any atom is -0.382 e. The van der Waals surface area contributed by atoms with Crippen LogP contribution in [0.3, 0.4) is 0 Å². The molecule has 0 amide bonds. The Kier molecular flexibility index (Phi) is 4.59. The highest BCUT2D eigenvalue weighted by molar-refractivity contribution is 9.09. The maximum atomic E-state index is 5.28.